The molecular weight excluding hydrogens is 295 g/mol. The van der Waals surface area contributed by atoms with Gasteiger partial charge in [0.15, 0.2) is 0 Å². The van der Waals surface area contributed by atoms with Crippen LogP contribution in [0.25, 0.3) is 0 Å². The van der Waals surface area contributed by atoms with E-state index in [1.165, 1.54) is 0 Å². The number of benzene rings is 1. The van der Waals surface area contributed by atoms with E-state index in [1.807, 2.05) is 30.3 Å². The van der Waals surface area contributed by atoms with Gasteiger partial charge in [-0.1, -0.05) is 35.3 Å². The number of methoxy groups -OCH3 is 1. The summed E-state index contributed by atoms with van der Waals surface area (Å²) in [5.41, 5.74) is 8.12. The van der Waals surface area contributed by atoms with Crippen molar-refractivity contribution in [2.24, 2.45) is 5.73 Å². The summed E-state index contributed by atoms with van der Waals surface area (Å²) in [4.78, 5) is 4.16. The second kappa shape index (κ2) is 6.93. The molecule has 3 nitrogen and oxygen atoms in total. The van der Waals surface area contributed by atoms with E-state index in [-0.39, 0.29) is 6.04 Å². The van der Waals surface area contributed by atoms with Gasteiger partial charge in [-0.3, -0.25) is 0 Å². The molecule has 0 saturated heterocycles. The first kappa shape index (κ1) is 15.1. The quantitative estimate of drug-likeness (QED) is 0.919. The Bertz CT molecular complexity index is 552. The molecule has 0 bridgehead atoms. The van der Waals surface area contributed by atoms with Crippen molar-refractivity contribution < 1.29 is 4.74 Å². The zero-order valence-corrected chi connectivity index (χ0v) is 12.7. The second-order valence-corrected chi connectivity index (χ2v) is 5.39. The van der Waals surface area contributed by atoms with Crippen molar-refractivity contribution in [1.82, 2.24) is 4.98 Å². The van der Waals surface area contributed by atoms with Gasteiger partial charge in [-0.05, 0) is 36.1 Å². The van der Waals surface area contributed by atoms with Crippen LogP contribution in [0.1, 0.15) is 11.1 Å². The third kappa shape index (κ3) is 3.85. The lowest BCUT2D eigenvalue weighted by Gasteiger charge is -2.14. The molecule has 1 heterocycles. The molecule has 0 radical (unpaired) electrons. The lowest BCUT2D eigenvalue weighted by Crippen LogP contribution is -2.25. The van der Waals surface area contributed by atoms with Gasteiger partial charge in [-0.2, -0.15) is 0 Å². The number of aromatic nitrogens is 1. The average Bonchev–Trinajstić information content (AvgIpc) is 2.44. The predicted molar refractivity (Wildman–Crippen MR) is 82.6 cm³/mol. The maximum atomic E-state index is 6.17. The van der Waals surface area contributed by atoms with Crippen molar-refractivity contribution in [2.45, 2.75) is 18.9 Å². The minimum Gasteiger partial charge on any atom is -0.481 e. The molecule has 2 aromatic rings. The van der Waals surface area contributed by atoms with Gasteiger partial charge in [0.2, 0.25) is 5.88 Å². The first-order chi connectivity index (χ1) is 9.60. The van der Waals surface area contributed by atoms with Crippen molar-refractivity contribution in [3.05, 3.63) is 57.7 Å². The summed E-state index contributed by atoms with van der Waals surface area (Å²) in [6.45, 7) is 0. The summed E-state index contributed by atoms with van der Waals surface area (Å²) >= 11 is 12.3. The Morgan fingerprint density at radius 2 is 1.85 bits per heavy atom. The van der Waals surface area contributed by atoms with Crippen molar-refractivity contribution in [1.29, 1.82) is 0 Å². The van der Waals surface area contributed by atoms with Gasteiger partial charge in [-0.25, -0.2) is 4.98 Å². The Kier molecular flexibility index (Phi) is 5.24. The van der Waals surface area contributed by atoms with Gasteiger partial charge in [-0.15, -0.1) is 0 Å². The number of ether oxygens (including phenoxy) is 1. The fraction of sp³-hybridized carbons (Fsp3) is 0.267. The van der Waals surface area contributed by atoms with E-state index in [0.29, 0.717) is 28.8 Å². The number of nitrogens with two attached hydrogens (primary N) is 1. The highest BCUT2D eigenvalue weighted by molar-refractivity contribution is 6.36. The Morgan fingerprint density at radius 1 is 1.15 bits per heavy atom. The minimum atomic E-state index is -0.0670. The van der Waals surface area contributed by atoms with Crippen LogP contribution in [0.3, 0.4) is 0 Å². The van der Waals surface area contributed by atoms with Crippen LogP contribution in [0, 0.1) is 0 Å². The van der Waals surface area contributed by atoms with Gasteiger partial charge < -0.3 is 10.5 Å². The van der Waals surface area contributed by atoms with Crippen LogP contribution in [0.2, 0.25) is 10.0 Å². The lowest BCUT2D eigenvalue weighted by molar-refractivity contribution is 0.397. The first-order valence-corrected chi connectivity index (χ1v) is 7.03. The highest BCUT2D eigenvalue weighted by atomic mass is 35.5. The fourth-order valence-corrected chi connectivity index (χ4v) is 2.57. The second-order valence-electron chi connectivity index (χ2n) is 4.58. The molecule has 0 amide bonds. The third-order valence-electron chi connectivity index (χ3n) is 3.03. The van der Waals surface area contributed by atoms with E-state index in [1.54, 1.807) is 13.3 Å². The molecule has 0 aliphatic heterocycles. The Hall–Kier alpha value is -1.29. The number of nitrogens with zero attached hydrogens (tertiary/aromatic N) is 1. The Labute approximate surface area is 128 Å². The van der Waals surface area contributed by atoms with Crippen molar-refractivity contribution in [3.63, 3.8) is 0 Å². The monoisotopic (exact) mass is 310 g/mol. The van der Waals surface area contributed by atoms with Crippen LogP contribution in [0.5, 0.6) is 5.88 Å². The number of halogens is 2. The molecule has 1 atom stereocenters. The molecule has 20 heavy (non-hydrogen) atoms. The van der Waals surface area contributed by atoms with Crippen molar-refractivity contribution in [2.75, 3.05) is 7.11 Å². The normalized spacial score (nSPS) is 12.2. The van der Waals surface area contributed by atoms with Gasteiger partial charge >= 0.3 is 0 Å². The molecule has 5 heteroatoms. The minimum absolute atomic E-state index is 0.0670. The van der Waals surface area contributed by atoms with Gasteiger partial charge in [0, 0.05) is 28.4 Å². The topological polar surface area (TPSA) is 48.1 Å². The molecule has 1 aromatic carbocycles. The highest BCUT2D eigenvalue weighted by Crippen LogP contribution is 2.25. The molecule has 0 saturated carbocycles. The molecule has 0 aliphatic carbocycles. The van der Waals surface area contributed by atoms with Crippen LogP contribution in [-0.2, 0) is 12.8 Å². The van der Waals surface area contributed by atoms with E-state index >= 15 is 0 Å². The molecule has 2 N–H and O–H groups in total. The fourth-order valence-electron chi connectivity index (χ4n) is 2.02. The van der Waals surface area contributed by atoms with E-state index in [9.17, 15) is 0 Å². The zero-order chi connectivity index (χ0) is 14.5. The summed E-state index contributed by atoms with van der Waals surface area (Å²) in [6, 6.07) is 9.19. The summed E-state index contributed by atoms with van der Waals surface area (Å²) < 4.78 is 5.02. The summed E-state index contributed by atoms with van der Waals surface area (Å²) in [5.74, 6) is 0.594. The van der Waals surface area contributed by atoms with Gasteiger partial charge in [0.05, 0.1) is 7.11 Å². The average molecular weight is 311 g/mol. The summed E-state index contributed by atoms with van der Waals surface area (Å²) in [6.07, 6.45) is 3.11. The molecule has 106 valence electrons. The standard InChI is InChI=1S/C15H16Cl2N2O/c1-20-15-6-5-10(9-19-15)7-11(18)8-12-13(16)3-2-4-14(12)17/h2-6,9,11H,7-8,18H2,1H3. The van der Waals surface area contributed by atoms with Gasteiger partial charge in [0.25, 0.3) is 0 Å². The van der Waals surface area contributed by atoms with Crippen LogP contribution in [0.15, 0.2) is 36.5 Å². The highest BCUT2D eigenvalue weighted by Gasteiger charge is 2.11. The molecule has 1 aromatic heterocycles. The molecule has 2 rings (SSSR count). The Morgan fingerprint density at radius 3 is 2.40 bits per heavy atom. The largest absolute Gasteiger partial charge is 0.481 e. The van der Waals surface area contributed by atoms with Crippen molar-refractivity contribution >= 4 is 23.2 Å². The van der Waals surface area contributed by atoms with E-state index in [0.717, 1.165) is 11.1 Å². The van der Waals surface area contributed by atoms with E-state index < -0.39 is 0 Å². The van der Waals surface area contributed by atoms with Gasteiger partial charge in [0.1, 0.15) is 0 Å². The molecule has 0 spiro atoms. The summed E-state index contributed by atoms with van der Waals surface area (Å²) in [5, 5.41) is 1.31. The van der Waals surface area contributed by atoms with E-state index in [2.05, 4.69) is 4.98 Å². The third-order valence-corrected chi connectivity index (χ3v) is 3.74. The SMILES string of the molecule is COc1ccc(CC(N)Cc2c(Cl)cccc2Cl)cn1. The summed E-state index contributed by atoms with van der Waals surface area (Å²) in [7, 11) is 1.59. The number of rotatable bonds is 5. The van der Waals surface area contributed by atoms with Crippen LogP contribution in [0.4, 0.5) is 0 Å². The van der Waals surface area contributed by atoms with Crippen LogP contribution >= 0.6 is 23.2 Å². The molecule has 1 unspecified atom stereocenters. The first-order valence-electron chi connectivity index (χ1n) is 6.27. The predicted octanol–water partition coefficient (Wildman–Crippen LogP) is 3.51. The van der Waals surface area contributed by atoms with Crippen molar-refractivity contribution in [3.8, 4) is 5.88 Å². The lowest BCUT2D eigenvalue weighted by atomic mass is 10.0. The van der Waals surface area contributed by atoms with E-state index in [4.69, 9.17) is 33.7 Å². The van der Waals surface area contributed by atoms with Crippen LogP contribution < -0.4 is 10.5 Å². The number of hydrogen-bond donors (Lipinski definition) is 1. The number of hydrogen-bond acceptors (Lipinski definition) is 3. The maximum absolute atomic E-state index is 6.17. The van der Waals surface area contributed by atoms with Crippen LogP contribution in [-0.4, -0.2) is 18.1 Å². The molecular formula is C15H16Cl2N2O. The smallest absolute Gasteiger partial charge is 0.212 e. The Balaban J connectivity index is 2.03. The zero-order valence-electron chi connectivity index (χ0n) is 11.1. The molecule has 0 aliphatic rings. The molecule has 0 fully saturated rings. The number of pyridine rings is 1. The maximum Gasteiger partial charge on any atom is 0.212 e.